The van der Waals surface area contributed by atoms with E-state index in [9.17, 15) is 0 Å². The maximum atomic E-state index is 5.82. The van der Waals surface area contributed by atoms with Gasteiger partial charge < -0.3 is 5.32 Å². The molecule has 2 aromatic rings. The van der Waals surface area contributed by atoms with Crippen molar-refractivity contribution < 1.29 is 0 Å². The molecule has 0 aromatic heterocycles. The van der Waals surface area contributed by atoms with Crippen LogP contribution >= 0.6 is 34.8 Å². The molecule has 0 fully saturated rings. The van der Waals surface area contributed by atoms with E-state index in [0.717, 1.165) is 16.3 Å². The lowest BCUT2D eigenvalue weighted by atomic mass is 10.0. The Bertz CT molecular complexity index is 768. The lowest BCUT2D eigenvalue weighted by Gasteiger charge is -2.18. The van der Waals surface area contributed by atoms with E-state index in [4.69, 9.17) is 34.8 Å². The Morgan fingerprint density at radius 2 is 1.76 bits per heavy atom. The molecule has 1 aliphatic rings. The van der Waals surface area contributed by atoms with Gasteiger partial charge in [0.2, 0.25) is 3.79 Å². The molecule has 6 heteroatoms. The second kappa shape index (κ2) is 5.68. The molecule has 1 aliphatic heterocycles. The molecule has 0 saturated heterocycles. The molecule has 106 valence electrons. The molecule has 0 radical (unpaired) electrons. The van der Waals surface area contributed by atoms with Gasteiger partial charge in [0.15, 0.2) is 5.84 Å². The van der Waals surface area contributed by atoms with E-state index >= 15 is 0 Å². The number of rotatable bonds is 1. The zero-order valence-electron chi connectivity index (χ0n) is 10.7. The fourth-order valence-corrected chi connectivity index (χ4v) is 2.36. The summed E-state index contributed by atoms with van der Waals surface area (Å²) in [7, 11) is 0. The third-order valence-electron chi connectivity index (χ3n) is 3.01. The van der Waals surface area contributed by atoms with Crippen LogP contribution in [0, 0.1) is 0 Å². The van der Waals surface area contributed by atoms with Gasteiger partial charge in [-0.3, -0.25) is 0 Å². The van der Waals surface area contributed by atoms with Crippen molar-refractivity contribution in [3.63, 3.8) is 0 Å². The van der Waals surface area contributed by atoms with E-state index in [1.54, 1.807) is 0 Å². The quantitative estimate of drug-likeness (QED) is 0.762. The van der Waals surface area contributed by atoms with Crippen molar-refractivity contribution in [1.29, 1.82) is 0 Å². The maximum absolute atomic E-state index is 5.82. The highest BCUT2D eigenvalue weighted by Gasteiger charge is 2.29. The summed E-state index contributed by atoms with van der Waals surface area (Å²) in [6, 6.07) is 14.2. The predicted octanol–water partition coefficient (Wildman–Crippen LogP) is 4.54. The second-order valence-electron chi connectivity index (χ2n) is 4.44. The number of alkyl halides is 3. The minimum absolute atomic E-state index is 0.231. The Balaban J connectivity index is 1.99. The van der Waals surface area contributed by atoms with Crippen molar-refractivity contribution in [3.8, 4) is 0 Å². The molecule has 0 unspecified atom stereocenters. The van der Waals surface area contributed by atoms with Crippen LogP contribution in [-0.2, 0) is 0 Å². The van der Waals surface area contributed by atoms with Crippen molar-refractivity contribution >= 4 is 63.8 Å². The topological polar surface area (TPSA) is 36.8 Å². The third kappa shape index (κ3) is 3.21. The lowest BCUT2D eigenvalue weighted by Crippen LogP contribution is -2.35. The smallest absolute Gasteiger partial charge is 0.248 e. The molecule has 0 bridgehead atoms. The molecule has 21 heavy (non-hydrogen) atoms. The first-order chi connectivity index (χ1) is 10.0. The molecule has 0 saturated carbocycles. The average molecular weight is 339 g/mol. The number of hydrogen-bond acceptors (Lipinski definition) is 3. The normalized spacial score (nSPS) is 16.9. The van der Waals surface area contributed by atoms with Crippen molar-refractivity contribution in [2.24, 2.45) is 9.98 Å². The molecule has 0 amide bonds. The van der Waals surface area contributed by atoms with Crippen LogP contribution < -0.4 is 5.32 Å². The Labute approximate surface area is 136 Å². The Morgan fingerprint density at radius 3 is 2.57 bits per heavy atom. The van der Waals surface area contributed by atoms with Crippen LogP contribution in [-0.4, -0.2) is 16.0 Å². The van der Waals surface area contributed by atoms with Gasteiger partial charge in [-0.1, -0.05) is 77.3 Å². The summed E-state index contributed by atoms with van der Waals surface area (Å²) in [5.74, 6) is 0.802. The molecule has 1 N–H and O–H groups in total. The third-order valence-corrected chi connectivity index (χ3v) is 3.55. The minimum atomic E-state index is -1.61. The zero-order chi connectivity index (χ0) is 14.9. The van der Waals surface area contributed by atoms with Crippen LogP contribution in [0.25, 0.3) is 16.8 Å². The summed E-state index contributed by atoms with van der Waals surface area (Å²) in [5.41, 5.74) is 1.03. The number of halogens is 3. The lowest BCUT2D eigenvalue weighted by molar-refractivity contribution is 1.05. The Kier molecular flexibility index (Phi) is 3.89. The van der Waals surface area contributed by atoms with Crippen LogP contribution in [0.5, 0.6) is 0 Å². The molecule has 1 heterocycles. The van der Waals surface area contributed by atoms with Gasteiger partial charge in [-0.25, -0.2) is 9.98 Å². The number of nitrogens with one attached hydrogen (secondary N) is 1. The van der Waals surface area contributed by atoms with Gasteiger partial charge in [-0.15, -0.1) is 0 Å². The molecular formula is C15H10Cl3N3. The monoisotopic (exact) mass is 337 g/mol. The standard InChI is InChI=1S/C15H10Cl3N3/c16-15(17,18)14-20-9-19-13(21-14)8-11-6-3-5-10-4-1-2-7-12(10)11/h1-9H,(H,19,20,21). The largest absolute Gasteiger partial charge is 0.325 e. The van der Waals surface area contributed by atoms with E-state index in [1.807, 2.05) is 30.3 Å². The molecule has 0 atom stereocenters. The van der Waals surface area contributed by atoms with Gasteiger partial charge in [0.05, 0.1) is 0 Å². The zero-order valence-corrected chi connectivity index (χ0v) is 13.0. The van der Waals surface area contributed by atoms with Crippen molar-refractivity contribution in [1.82, 2.24) is 5.32 Å². The highest BCUT2D eigenvalue weighted by molar-refractivity contribution is 6.76. The van der Waals surface area contributed by atoms with Crippen LogP contribution in [0.3, 0.4) is 0 Å². The van der Waals surface area contributed by atoms with Crippen molar-refractivity contribution in [2.45, 2.75) is 3.79 Å². The molecule has 0 aliphatic carbocycles. The van der Waals surface area contributed by atoms with E-state index in [0.29, 0.717) is 5.82 Å². The molecule has 3 rings (SSSR count). The van der Waals surface area contributed by atoms with Crippen LogP contribution in [0.1, 0.15) is 5.56 Å². The van der Waals surface area contributed by atoms with Crippen molar-refractivity contribution in [3.05, 3.63) is 53.8 Å². The Morgan fingerprint density at radius 1 is 1.00 bits per heavy atom. The van der Waals surface area contributed by atoms with E-state index in [1.165, 1.54) is 6.34 Å². The van der Waals surface area contributed by atoms with Gasteiger partial charge in [-0.2, -0.15) is 0 Å². The van der Waals surface area contributed by atoms with Crippen LogP contribution in [0.15, 0.2) is 58.3 Å². The van der Waals surface area contributed by atoms with Gasteiger partial charge in [0, 0.05) is 0 Å². The summed E-state index contributed by atoms with van der Waals surface area (Å²) in [6.07, 6.45) is 3.26. The summed E-state index contributed by atoms with van der Waals surface area (Å²) in [6.45, 7) is 0. The summed E-state index contributed by atoms with van der Waals surface area (Å²) < 4.78 is -1.61. The van der Waals surface area contributed by atoms with Crippen molar-refractivity contribution in [2.75, 3.05) is 0 Å². The van der Waals surface area contributed by atoms with Crippen LogP contribution in [0.4, 0.5) is 0 Å². The fourth-order valence-electron chi connectivity index (χ4n) is 2.08. The first-order valence-corrected chi connectivity index (χ1v) is 7.31. The number of aliphatic imine (C=N–C) groups is 2. The first kappa shape index (κ1) is 14.4. The number of amidine groups is 1. The van der Waals surface area contributed by atoms with Gasteiger partial charge in [0.25, 0.3) is 0 Å². The highest BCUT2D eigenvalue weighted by Crippen LogP contribution is 2.28. The van der Waals surface area contributed by atoms with E-state index < -0.39 is 3.79 Å². The average Bonchev–Trinajstić information content (AvgIpc) is 2.47. The predicted molar refractivity (Wildman–Crippen MR) is 91.3 cm³/mol. The summed E-state index contributed by atoms with van der Waals surface area (Å²) in [5, 5.41) is 5.21. The number of fused-ring (bicyclic) bond motifs is 1. The summed E-state index contributed by atoms with van der Waals surface area (Å²) >= 11 is 17.5. The van der Waals surface area contributed by atoms with E-state index in [2.05, 4.69) is 33.5 Å². The minimum Gasteiger partial charge on any atom is -0.325 e. The molecule has 2 aromatic carbocycles. The molecule has 0 spiro atoms. The number of benzene rings is 2. The first-order valence-electron chi connectivity index (χ1n) is 6.18. The summed E-state index contributed by atoms with van der Waals surface area (Å²) in [4.78, 5) is 8.09. The Hall–Kier alpha value is -1.55. The number of nitrogens with zero attached hydrogens (tertiary/aromatic N) is 2. The molecular weight excluding hydrogens is 329 g/mol. The second-order valence-corrected chi connectivity index (χ2v) is 6.72. The van der Waals surface area contributed by atoms with Gasteiger partial charge in [0.1, 0.15) is 12.2 Å². The SMILES string of the molecule is ClC(Cl)(Cl)C1=NC=NC(=Cc2cccc3ccccc23)N1. The van der Waals surface area contributed by atoms with Gasteiger partial charge in [-0.05, 0) is 22.4 Å². The highest BCUT2D eigenvalue weighted by atomic mass is 35.6. The van der Waals surface area contributed by atoms with Crippen LogP contribution in [0.2, 0.25) is 0 Å². The molecule has 3 nitrogen and oxygen atoms in total. The number of hydrogen-bond donors (Lipinski definition) is 1. The fraction of sp³-hybridized carbons (Fsp3) is 0.0667. The van der Waals surface area contributed by atoms with E-state index in [-0.39, 0.29) is 5.84 Å². The maximum Gasteiger partial charge on any atom is 0.248 e. The van der Waals surface area contributed by atoms with Gasteiger partial charge >= 0.3 is 0 Å².